The molecule has 2 aromatic rings. The summed E-state index contributed by atoms with van der Waals surface area (Å²) in [5, 5.41) is 2.94. The van der Waals surface area contributed by atoms with E-state index in [2.05, 4.69) is 67.2 Å². The summed E-state index contributed by atoms with van der Waals surface area (Å²) in [7, 11) is -2.55. The van der Waals surface area contributed by atoms with E-state index in [0.29, 0.717) is 0 Å². The second-order valence-electron chi connectivity index (χ2n) is 10.4. The minimum absolute atomic E-state index is 0.00849. The number of rotatable bonds is 2. The molecule has 6 rings (SSSR count). The number of hydrogen-bond donors (Lipinski definition) is 0. The van der Waals surface area contributed by atoms with Crippen LogP contribution in [-0.2, 0) is 17.7 Å². The van der Waals surface area contributed by atoms with Crippen LogP contribution in [0.1, 0.15) is 51.4 Å². The van der Waals surface area contributed by atoms with Crippen LogP contribution in [-0.4, -0.2) is 63.3 Å². The van der Waals surface area contributed by atoms with E-state index in [4.69, 9.17) is 17.7 Å². The molecule has 0 saturated carbocycles. The Balaban J connectivity index is 0.000000143. The van der Waals surface area contributed by atoms with Crippen molar-refractivity contribution in [2.75, 3.05) is 26.4 Å². The van der Waals surface area contributed by atoms with Crippen molar-refractivity contribution in [3.63, 3.8) is 0 Å². The van der Waals surface area contributed by atoms with E-state index >= 15 is 0 Å². The van der Waals surface area contributed by atoms with Gasteiger partial charge in [0.1, 0.15) is 0 Å². The Hall–Kier alpha value is -0.852. The molecular weight excluding hydrogens is 525 g/mol. The third-order valence-corrected chi connectivity index (χ3v) is 16.0. The van der Waals surface area contributed by atoms with Crippen molar-refractivity contribution >= 4 is 47.3 Å². The van der Waals surface area contributed by atoms with E-state index in [1.54, 1.807) is 0 Å². The molecule has 3 atom stereocenters. The van der Waals surface area contributed by atoms with Gasteiger partial charge in [0.15, 0.2) is 18.8 Å². The molecule has 8 heteroatoms. The fourth-order valence-corrected chi connectivity index (χ4v) is 12.6. The predicted molar refractivity (Wildman–Crippen MR) is 168 cm³/mol. The first-order chi connectivity index (χ1) is 18.3. The van der Waals surface area contributed by atoms with Crippen molar-refractivity contribution in [1.82, 2.24) is 0 Å². The molecule has 0 bridgehead atoms. The molecule has 0 aliphatic carbocycles. The van der Waals surface area contributed by atoms with Gasteiger partial charge in [-0.1, -0.05) is 86.3 Å². The van der Waals surface area contributed by atoms with E-state index in [-0.39, 0.29) is 9.76 Å². The van der Waals surface area contributed by atoms with Crippen molar-refractivity contribution in [3.8, 4) is 0 Å². The summed E-state index contributed by atoms with van der Waals surface area (Å²) in [6.45, 7) is 6.37. The smallest absolute Gasteiger partial charge is 0.208 e. The average molecular weight is 575 g/mol. The fourth-order valence-electron chi connectivity index (χ4n) is 4.93. The van der Waals surface area contributed by atoms with Gasteiger partial charge >= 0.3 is 0 Å². The first-order valence-electron chi connectivity index (χ1n) is 14.9. The lowest BCUT2D eigenvalue weighted by molar-refractivity contribution is 0.291. The quantitative estimate of drug-likeness (QED) is 0.501. The van der Waals surface area contributed by atoms with Gasteiger partial charge in [0.25, 0.3) is 0 Å². The molecule has 4 aliphatic rings. The molecule has 4 nitrogen and oxygen atoms in total. The molecule has 4 aliphatic heterocycles. The highest BCUT2D eigenvalue weighted by molar-refractivity contribution is 6.67. The normalized spacial score (nSPS) is 26.2. The third-order valence-electron chi connectivity index (χ3n) is 7.19. The highest BCUT2D eigenvalue weighted by Gasteiger charge is 2.18. The molecule has 0 spiro atoms. The van der Waals surface area contributed by atoms with Crippen LogP contribution in [0.5, 0.6) is 0 Å². The Kier molecular flexibility index (Phi) is 16.7. The van der Waals surface area contributed by atoms with Gasteiger partial charge in [-0.2, -0.15) is 0 Å². The SMILES string of the molecule is C1CC[SiH2]OC1.C[SiH]1CCCCO1.c1ccc([SiH]2CCCCO2)cc1.c1ccc([SiH]2CCCCO2)cc1. The summed E-state index contributed by atoms with van der Waals surface area (Å²) in [6, 6.07) is 26.9. The van der Waals surface area contributed by atoms with Crippen molar-refractivity contribution in [3.05, 3.63) is 60.7 Å². The Labute approximate surface area is 233 Å². The van der Waals surface area contributed by atoms with E-state index in [1.165, 1.54) is 85.9 Å². The summed E-state index contributed by atoms with van der Waals surface area (Å²) >= 11 is 0. The molecule has 37 heavy (non-hydrogen) atoms. The van der Waals surface area contributed by atoms with Crippen LogP contribution in [0.2, 0.25) is 30.7 Å². The van der Waals surface area contributed by atoms with Gasteiger partial charge in [-0.05, 0) is 66.8 Å². The van der Waals surface area contributed by atoms with Crippen LogP contribution in [0.15, 0.2) is 60.7 Å². The zero-order chi connectivity index (χ0) is 25.8. The van der Waals surface area contributed by atoms with Crippen molar-refractivity contribution in [1.29, 1.82) is 0 Å². The van der Waals surface area contributed by atoms with Gasteiger partial charge in [-0.15, -0.1) is 0 Å². The molecular formula is C29H50O4Si4. The highest BCUT2D eigenvalue weighted by atomic mass is 28.3. The molecule has 0 radical (unpaired) electrons. The van der Waals surface area contributed by atoms with E-state index < -0.39 is 27.1 Å². The summed E-state index contributed by atoms with van der Waals surface area (Å²) in [4.78, 5) is 0. The molecule has 0 N–H and O–H groups in total. The molecule has 0 amide bonds. The zero-order valence-electron chi connectivity index (χ0n) is 23.2. The second kappa shape index (κ2) is 20.1. The summed E-state index contributed by atoms with van der Waals surface area (Å²) in [5.74, 6) is 0. The highest BCUT2D eigenvalue weighted by Crippen LogP contribution is 2.11. The van der Waals surface area contributed by atoms with Crippen LogP contribution < -0.4 is 10.4 Å². The lowest BCUT2D eigenvalue weighted by Gasteiger charge is -2.21. The van der Waals surface area contributed by atoms with Crippen molar-refractivity contribution in [2.24, 2.45) is 0 Å². The Morgan fingerprint density at radius 1 is 0.541 bits per heavy atom. The maximum Gasteiger partial charge on any atom is 0.208 e. The van der Waals surface area contributed by atoms with Crippen LogP contribution in [0.25, 0.3) is 0 Å². The van der Waals surface area contributed by atoms with Gasteiger partial charge in [-0.3, -0.25) is 0 Å². The number of hydrogen-bond acceptors (Lipinski definition) is 4. The Morgan fingerprint density at radius 2 is 1.03 bits per heavy atom. The summed E-state index contributed by atoms with van der Waals surface area (Å²) < 4.78 is 22.2. The maximum absolute atomic E-state index is 5.80. The van der Waals surface area contributed by atoms with E-state index in [9.17, 15) is 0 Å². The Bertz CT molecular complexity index is 712. The lowest BCUT2D eigenvalue weighted by Crippen LogP contribution is -2.36. The van der Waals surface area contributed by atoms with Crippen molar-refractivity contribution < 1.29 is 17.7 Å². The van der Waals surface area contributed by atoms with Crippen LogP contribution in [0, 0.1) is 0 Å². The topological polar surface area (TPSA) is 36.9 Å². The van der Waals surface area contributed by atoms with Crippen LogP contribution in [0.3, 0.4) is 0 Å². The maximum atomic E-state index is 5.80. The van der Waals surface area contributed by atoms with E-state index in [0.717, 1.165) is 26.4 Å². The lowest BCUT2D eigenvalue weighted by atomic mass is 10.3. The Morgan fingerprint density at radius 3 is 1.30 bits per heavy atom. The van der Waals surface area contributed by atoms with Gasteiger partial charge in [0.05, 0.1) is 0 Å². The average Bonchev–Trinajstić information content (AvgIpc) is 3.01. The molecule has 4 heterocycles. The minimum atomic E-state index is -0.984. The monoisotopic (exact) mass is 574 g/mol. The van der Waals surface area contributed by atoms with E-state index in [1.807, 2.05) is 0 Å². The molecule has 0 aromatic heterocycles. The largest absolute Gasteiger partial charge is 0.424 e. The summed E-state index contributed by atoms with van der Waals surface area (Å²) in [6.07, 6.45) is 10.7. The predicted octanol–water partition coefficient (Wildman–Crippen LogP) is 4.30. The van der Waals surface area contributed by atoms with Gasteiger partial charge in [-0.25, -0.2) is 0 Å². The molecule has 206 valence electrons. The van der Waals surface area contributed by atoms with Gasteiger partial charge in [0, 0.05) is 26.4 Å². The molecule has 3 unspecified atom stereocenters. The third kappa shape index (κ3) is 13.7. The molecule has 2 aromatic carbocycles. The zero-order valence-corrected chi connectivity index (χ0v) is 28.0. The number of benzene rings is 2. The fraction of sp³-hybridized carbons (Fsp3) is 0.586. The standard InChI is InChI=1S/2C10H14OSi.C5H12OSi.C4H10OSi/c2*1-2-6-10(7-3-1)12-9-5-4-8-11-12;1-7-5-3-2-4-6-7;1-2-4-6-5-3-1/h2*1-3,6-7,12H,4-5,8-9H2;7H,2-5H2,1H3;1-4,6H2. The summed E-state index contributed by atoms with van der Waals surface area (Å²) in [5.41, 5.74) is 0. The van der Waals surface area contributed by atoms with Crippen LogP contribution >= 0.6 is 0 Å². The van der Waals surface area contributed by atoms with Crippen LogP contribution in [0.4, 0.5) is 0 Å². The van der Waals surface area contributed by atoms with Gasteiger partial charge in [0.2, 0.25) is 18.1 Å². The first kappa shape index (κ1) is 30.7. The second-order valence-corrected chi connectivity index (χ2v) is 19.5. The minimum Gasteiger partial charge on any atom is -0.424 e. The molecule has 4 saturated heterocycles. The molecule has 4 fully saturated rings. The van der Waals surface area contributed by atoms with Crippen molar-refractivity contribution in [2.45, 2.75) is 82.1 Å². The first-order valence-corrected chi connectivity index (χ1v) is 22.6. The van der Waals surface area contributed by atoms with Gasteiger partial charge < -0.3 is 17.7 Å².